The lowest BCUT2D eigenvalue weighted by Crippen LogP contribution is -2.18. The fourth-order valence-electron chi connectivity index (χ4n) is 2.44. The Labute approximate surface area is 112 Å². The molecule has 2 atom stereocenters. The smallest absolute Gasteiger partial charge is 0.307 e. The summed E-state index contributed by atoms with van der Waals surface area (Å²) in [6.45, 7) is 3.23. The van der Waals surface area contributed by atoms with Gasteiger partial charge >= 0.3 is 5.97 Å². The molecule has 0 radical (unpaired) electrons. The molecule has 0 saturated heterocycles. The maximum absolute atomic E-state index is 13.0. The van der Waals surface area contributed by atoms with E-state index in [2.05, 4.69) is 5.32 Å². The zero-order chi connectivity index (χ0) is 15.2. The number of hydrogen-bond donors (Lipinski definition) is 2. The summed E-state index contributed by atoms with van der Waals surface area (Å²) >= 11 is 0. The molecule has 1 amide bonds. The number of nitrogens with one attached hydrogen (secondary N) is 1. The van der Waals surface area contributed by atoms with Crippen LogP contribution in [0.4, 0.5) is 18.9 Å². The van der Waals surface area contributed by atoms with Crippen molar-refractivity contribution < 1.29 is 27.9 Å². The van der Waals surface area contributed by atoms with E-state index < -0.39 is 46.6 Å². The maximum atomic E-state index is 13.0. The standard InChI is InChI=1S/C13H12F3NO3/c1-13(2)8(9(13)12(19)20)11(18)17-5-3-6(14)10(16)7(15)4-5/h3-4,8-9H,1-2H3,(H,17,18)(H,19,20). The normalized spacial score (nSPS) is 23.2. The van der Waals surface area contributed by atoms with Gasteiger partial charge in [0.15, 0.2) is 17.5 Å². The van der Waals surface area contributed by atoms with Crippen LogP contribution in [0.1, 0.15) is 13.8 Å². The van der Waals surface area contributed by atoms with Crippen LogP contribution in [0.5, 0.6) is 0 Å². The van der Waals surface area contributed by atoms with Gasteiger partial charge in [0, 0.05) is 17.8 Å². The minimum Gasteiger partial charge on any atom is -0.481 e. The van der Waals surface area contributed by atoms with E-state index in [1.54, 1.807) is 13.8 Å². The molecule has 2 unspecified atom stereocenters. The Morgan fingerprint density at radius 3 is 2.05 bits per heavy atom. The zero-order valence-corrected chi connectivity index (χ0v) is 10.7. The molecular formula is C13H12F3NO3. The maximum Gasteiger partial charge on any atom is 0.307 e. The Kier molecular flexibility index (Phi) is 3.23. The van der Waals surface area contributed by atoms with Gasteiger partial charge in [-0.1, -0.05) is 13.8 Å². The van der Waals surface area contributed by atoms with E-state index in [4.69, 9.17) is 5.11 Å². The summed E-state index contributed by atoms with van der Waals surface area (Å²) in [6.07, 6.45) is 0. The van der Waals surface area contributed by atoms with Gasteiger partial charge in [-0.05, 0) is 5.41 Å². The van der Waals surface area contributed by atoms with Crippen LogP contribution in [-0.2, 0) is 9.59 Å². The molecule has 7 heteroatoms. The highest BCUT2D eigenvalue weighted by atomic mass is 19.2. The van der Waals surface area contributed by atoms with Gasteiger partial charge in [0.2, 0.25) is 5.91 Å². The van der Waals surface area contributed by atoms with E-state index in [1.807, 2.05) is 0 Å². The minimum absolute atomic E-state index is 0.252. The third-order valence-corrected chi connectivity index (χ3v) is 3.63. The van der Waals surface area contributed by atoms with E-state index in [1.165, 1.54) is 0 Å². The summed E-state index contributed by atoms with van der Waals surface area (Å²) in [5.74, 6) is -7.89. The van der Waals surface area contributed by atoms with E-state index in [9.17, 15) is 22.8 Å². The van der Waals surface area contributed by atoms with Crippen molar-refractivity contribution in [1.29, 1.82) is 0 Å². The van der Waals surface area contributed by atoms with Gasteiger partial charge in [0.1, 0.15) is 0 Å². The number of amides is 1. The number of hydrogen-bond acceptors (Lipinski definition) is 2. The highest BCUT2D eigenvalue weighted by Crippen LogP contribution is 2.58. The summed E-state index contributed by atoms with van der Waals surface area (Å²) in [4.78, 5) is 22.8. The number of halogens is 3. The first kappa shape index (κ1) is 14.4. The van der Waals surface area contributed by atoms with Crippen LogP contribution in [0.15, 0.2) is 12.1 Å². The molecule has 0 aliphatic heterocycles. The van der Waals surface area contributed by atoms with E-state index in [0.29, 0.717) is 12.1 Å². The lowest BCUT2D eigenvalue weighted by atomic mass is 10.1. The number of rotatable bonds is 3. The third-order valence-electron chi connectivity index (χ3n) is 3.63. The topological polar surface area (TPSA) is 66.4 Å². The predicted octanol–water partition coefficient (Wildman–Crippen LogP) is 2.40. The molecule has 4 nitrogen and oxygen atoms in total. The first-order valence-corrected chi connectivity index (χ1v) is 5.84. The van der Waals surface area contributed by atoms with Crippen molar-refractivity contribution in [2.24, 2.45) is 17.3 Å². The van der Waals surface area contributed by atoms with Crippen LogP contribution < -0.4 is 5.32 Å². The molecule has 20 heavy (non-hydrogen) atoms. The Balaban J connectivity index is 2.16. The van der Waals surface area contributed by atoms with Crippen molar-refractivity contribution in [2.45, 2.75) is 13.8 Å². The zero-order valence-electron chi connectivity index (χ0n) is 10.7. The van der Waals surface area contributed by atoms with Gasteiger partial charge in [0.05, 0.1) is 11.8 Å². The second-order valence-electron chi connectivity index (χ2n) is 5.36. The molecule has 1 aromatic rings. The third kappa shape index (κ3) is 2.23. The fraction of sp³-hybridized carbons (Fsp3) is 0.385. The van der Waals surface area contributed by atoms with Crippen molar-refractivity contribution in [2.75, 3.05) is 5.32 Å². The molecule has 108 valence electrons. The predicted molar refractivity (Wildman–Crippen MR) is 63.3 cm³/mol. The number of anilines is 1. The number of benzene rings is 1. The molecule has 2 N–H and O–H groups in total. The van der Waals surface area contributed by atoms with Gasteiger partial charge in [0.25, 0.3) is 0 Å². The summed E-state index contributed by atoms with van der Waals surface area (Å²) in [6, 6.07) is 1.28. The van der Waals surface area contributed by atoms with Crippen LogP contribution in [0.2, 0.25) is 0 Å². The summed E-state index contributed by atoms with van der Waals surface area (Å²) in [5, 5.41) is 11.2. The SMILES string of the molecule is CC1(C)C(C(=O)O)C1C(=O)Nc1cc(F)c(F)c(F)c1. The molecule has 0 bridgehead atoms. The van der Waals surface area contributed by atoms with Crippen LogP contribution in [0.3, 0.4) is 0 Å². The fourth-order valence-corrected chi connectivity index (χ4v) is 2.44. The van der Waals surface area contributed by atoms with Gasteiger partial charge < -0.3 is 10.4 Å². The van der Waals surface area contributed by atoms with Crippen molar-refractivity contribution in [1.82, 2.24) is 0 Å². The minimum atomic E-state index is -1.63. The second kappa shape index (κ2) is 4.50. The monoisotopic (exact) mass is 287 g/mol. The van der Waals surface area contributed by atoms with E-state index >= 15 is 0 Å². The van der Waals surface area contributed by atoms with Crippen LogP contribution >= 0.6 is 0 Å². The van der Waals surface area contributed by atoms with Crippen LogP contribution in [0.25, 0.3) is 0 Å². The largest absolute Gasteiger partial charge is 0.481 e. The Morgan fingerprint density at radius 2 is 1.65 bits per heavy atom. The summed E-state index contributed by atoms with van der Waals surface area (Å²) < 4.78 is 38.8. The van der Waals surface area contributed by atoms with Crippen molar-refractivity contribution >= 4 is 17.6 Å². The second-order valence-corrected chi connectivity index (χ2v) is 5.36. The summed E-state index contributed by atoms with van der Waals surface area (Å²) in [7, 11) is 0. The van der Waals surface area contributed by atoms with Gasteiger partial charge in [-0.2, -0.15) is 0 Å². The van der Waals surface area contributed by atoms with Gasteiger partial charge in [-0.15, -0.1) is 0 Å². The number of carboxylic acid groups (broad SMARTS) is 1. The summed E-state index contributed by atoms with van der Waals surface area (Å²) in [5.41, 5.74) is -0.981. The molecule has 1 fully saturated rings. The van der Waals surface area contributed by atoms with E-state index in [-0.39, 0.29) is 5.69 Å². The Bertz CT molecular complexity index is 578. The van der Waals surface area contributed by atoms with Crippen molar-refractivity contribution in [3.63, 3.8) is 0 Å². The van der Waals surface area contributed by atoms with Gasteiger partial charge in [-0.3, -0.25) is 9.59 Å². The number of carbonyl (C=O) groups excluding carboxylic acids is 1. The van der Waals surface area contributed by atoms with E-state index in [0.717, 1.165) is 0 Å². The lowest BCUT2D eigenvalue weighted by Gasteiger charge is -2.07. The molecule has 1 aliphatic rings. The Hall–Kier alpha value is -2.05. The molecule has 0 spiro atoms. The number of carbonyl (C=O) groups is 2. The molecule has 0 heterocycles. The number of aliphatic carboxylic acids is 1. The van der Waals surface area contributed by atoms with Gasteiger partial charge in [-0.25, -0.2) is 13.2 Å². The molecular weight excluding hydrogens is 275 g/mol. The molecule has 2 rings (SSSR count). The highest BCUT2D eigenvalue weighted by molar-refractivity contribution is 5.99. The Morgan fingerprint density at radius 1 is 1.15 bits per heavy atom. The quantitative estimate of drug-likeness (QED) is 0.839. The average Bonchev–Trinajstić information content (AvgIpc) is 2.89. The molecule has 1 aromatic carbocycles. The lowest BCUT2D eigenvalue weighted by molar-refractivity contribution is -0.140. The first-order valence-electron chi connectivity index (χ1n) is 5.84. The average molecular weight is 287 g/mol. The van der Waals surface area contributed by atoms with Crippen molar-refractivity contribution in [3.05, 3.63) is 29.6 Å². The number of carboxylic acids is 1. The highest BCUT2D eigenvalue weighted by Gasteiger charge is 2.65. The van der Waals surface area contributed by atoms with Crippen LogP contribution in [0, 0.1) is 34.7 Å². The first-order chi connectivity index (χ1) is 9.16. The molecule has 1 saturated carbocycles. The van der Waals surface area contributed by atoms with Crippen LogP contribution in [-0.4, -0.2) is 17.0 Å². The molecule has 0 aromatic heterocycles. The molecule has 1 aliphatic carbocycles. The van der Waals surface area contributed by atoms with Crippen molar-refractivity contribution in [3.8, 4) is 0 Å².